The Morgan fingerprint density at radius 1 is 1.11 bits per heavy atom. The minimum Gasteiger partial charge on any atom is -0.490 e. The molecule has 2 aromatic rings. The maximum atomic E-state index is 13.3. The van der Waals surface area contributed by atoms with E-state index < -0.39 is 5.60 Å². The molecule has 2 saturated heterocycles. The number of nitrogens with zero attached hydrogens (tertiary/aromatic N) is 5. The van der Waals surface area contributed by atoms with Crippen LogP contribution in [-0.2, 0) is 20.9 Å². The van der Waals surface area contributed by atoms with E-state index in [1.165, 1.54) is 0 Å². The lowest BCUT2D eigenvalue weighted by Gasteiger charge is -2.43. The molecule has 0 aliphatic carbocycles. The zero-order valence-corrected chi connectivity index (χ0v) is 21.5. The van der Waals surface area contributed by atoms with Gasteiger partial charge in [-0.15, -0.1) is 0 Å². The third kappa shape index (κ3) is 6.54. The number of morpholine rings is 1. The van der Waals surface area contributed by atoms with E-state index in [2.05, 4.69) is 17.0 Å². The molecule has 0 unspecified atom stereocenters. The van der Waals surface area contributed by atoms with Gasteiger partial charge >= 0.3 is 0 Å². The lowest BCUT2D eigenvalue weighted by atomic mass is 9.96. The van der Waals surface area contributed by atoms with Gasteiger partial charge in [0.15, 0.2) is 0 Å². The van der Waals surface area contributed by atoms with Crippen molar-refractivity contribution in [2.45, 2.75) is 32.4 Å². The Morgan fingerprint density at radius 3 is 2.57 bits per heavy atom. The second-order valence-electron chi connectivity index (χ2n) is 9.62. The van der Waals surface area contributed by atoms with Crippen LogP contribution in [0.2, 0.25) is 5.02 Å². The number of aromatic nitrogens is 2. The van der Waals surface area contributed by atoms with Gasteiger partial charge in [-0.3, -0.25) is 14.3 Å². The predicted molar refractivity (Wildman–Crippen MR) is 133 cm³/mol. The van der Waals surface area contributed by atoms with Crippen LogP contribution in [0.1, 0.15) is 17.5 Å². The number of carbonyl (C=O) groups excluding carboxylic acids is 2. The summed E-state index contributed by atoms with van der Waals surface area (Å²) in [5.74, 6) is 0.610. The molecule has 2 fully saturated rings. The molecule has 9 nitrogen and oxygen atoms in total. The fourth-order valence-electron chi connectivity index (χ4n) is 4.46. The molecule has 10 heteroatoms. The number of carbonyl (C=O) groups is 2. The first-order valence-electron chi connectivity index (χ1n) is 12.0. The number of likely N-dealkylation sites (N-methyl/N-ethyl adjacent to an activating group) is 1. The smallest absolute Gasteiger partial charge is 0.244 e. The fraction of sp³-hybridized carbons (Fsp3) is 0.560. The molecule has 2 aliphatic rings. The van der Waals surface area contributed by atoms with Gasteiger partial charge in [-0.05, 0) is 50.2 Å². The zero-order chi connectivity index (χ0) is 25.0. The Hall–Kier alpha value is -2.62. The number of hydrogen-bond acceptors (Lipinski definition) is 6. The summed E-state index contributed by atoms with van der Waals surface area (Å²) in [6.07, 6.45) is 3.72. The maximum Gasteiger partial charge on any atom is 0.244 e. The van der Waals surface area contributed by atoms with Crippen molar-refractivity contribution in [3.8, 4) is 5.75 Å². The molecule has 0 saturated carbocycles. The maximum absolute atomic E-state index is 13.3. The van der Waals surface area contributed by atoms with Crippen LogP contribution in [0.25, 0.3) is 0 Å². The van der Waals surface area contributed by atoms with E-state index >= 15 is 0 Å². The molecule has 3 heterocycles. The molecule has 35 heavy (non-hydrogen) atoms. The van der Waals surface area contributed by atoms with Crippen molar-refractivity contribution in [2.24, 2.45) is 0 Å². The molecule has 2 aliphatic heterocycles. The minimum absolute atomic E-state index is 0.0194. The van der Waals surface area contributed by atoms with E-state index in [4.69, 9.17) is 21.1 Å². The van der Waals surface area contributed by atoms with Crippen LogP contribution in [-0.4, -0.2) is 101 Å². The first-order chi connectivity index (χ1) is 16.7. The molecule has 190 valence electrons. The number of amides is 2. The summed E-state index contributed by atoms with van der Waals surface area (Å²) in [6, 6.07) is 5.46. The summed E-state index contributed by atoms with van der Waals surface area (Å²) in [6.45, 7) is 8.27. The molecule has 1 aromatic carbocycles. The summed E-state index contributed by atoms with van der Waals surface area (Å²) in [5.41, 5.74) is 0.961. The number of rotatable bonds is 7. The summed E-state index contributed by atoms with van der Waals surface area (Å²) in [5, 5.41) is 4.90. The van der Waals surface area contributed by atoms with Crippen LogP contribution in [0.15, 0.2) is 30.6 Å². The van der Waals surface area contributed by atoms with Gasteiger partial charge in [0.1, 0.15) is 24.5 Å². The summed E-state index contributed by atoms with van der Waals surface area (Å²) >= 11 is 6.16. The van der Waals surface area contributed by atoms with Crippen LogP contribution >= 0.6 is 11.6 Å². The van der Waals surface area contributed by atoms with Crippen LogP contribution in [0, 0.1) is 13.8 Å². The van der Waals surface area contributed by atoms with Gasteiger partial charge in [0.05, 0.1) is 25.8 Å². The van der Waals surface area contributed by atoms with Crippen molar-refractivity contribution in [3.05, 3.63) is 46.7 Å². The highest BCUT2D eigenvalue weighted by Crippen LogP contribution is 2.27. The number of ether oxygens (including phenoxy) is 2. The number of halogens is 1. The molecule has 0 bridgehead atoms. The first-order valence-corrected chi connectivity index (χ1v) is 12.4. The van der Waals surface area contributed by atoms with Crippen LogP contribution in [0.4, 0.5) is 0 Å². The second kappa shape index (κ2) is 11.0. The van der Waals surface area contributed by atoms with Crippen LogP contribution in [0.3, 0.4) is 0 Å². The minimum atomic E-state index is -0.943. The van der Waals surface area contributed by atoms with Gasteiger partial charge in [0.2, 0.25) is 11.8 Å². The standard InChI is InChI=1S/C25H34ClN5O4/c1-19-14-27-31(15-19)16-24(33)30-10-11-35-25(17-30,13-23(32)29-8-6-28(3)7-9-29)18-34-21-4-5-22(26)20(2)12-21/h4-5,12,14-15H,6-11,13,16-18H2,1-3H3/t25-/m0/s1. The molecule has 0 spiro atoms. The average Bonchev–Trinajstić information content (AvgIpc) is 3.24. The third-order valence-corrected chi connectivity index (χ3v) is 7.05. The molecule has 1 atom stereocenters. The van der Waals surface area contributed by atoms with Crippen molar-refractivity contribution in [3.63, 3.8) is 0 Å². The van der Waals surface area contributed by atoms with E-state index in [1.807, 2.05) is 31.0 Å². The molecular formula is C25H34ClN5O4. The highest BCUT2D eigenvalue weighted by molar-refractivity contribution is 6.31. The Bertz CT molecular complexity index is 1050. The summed E-state index contributed by atoms with van der Waals surface area (Å²) in [7, 11) is 2.06. The fourth-order valence-corrected chi connectivity index (χ4v) is 4.58. The third-order valence-electron chi connectivity index (χ3n) is 6.62. The molecule has 2 amide bonds. The quantitative estimate of drug-likeness (QED) is 0.575. The molecule has 4 rings (SSSR count). The first kappa shape index (κ1) is 25.5. The number of piperazine rings is 1. The predicted octanol–water partition coefficient (Wildman–Crippen LogP) is 1.99. The van der Waals surface area contributed by atoms with Crippen LogP contribution in [0.5, 0.6) is 5.75 Å². The second-order valence-corrected chi connectivity index (χ2v) is 10.0. The zero-order valence-electron chi connectivity index (χ0n) is 20.7. The van der Waals surface area contributed by atoms with Gasteiger partial charge in [0.25, 0.3) is 0 Å². The van der Waals surface area contributed by atoms with Crippen molar-refractivity contribution < 1.29 is 19.1 Å². The van der Waals surface area contributed by atoms with E-state index in [1.54, 1.807) is 27.9 Å². The van der Waals surface area contributed by atoms with E-state index in [-0.39, 0.29) is 37.9 Å². The topological polar surface area (TPSA) is 80.1 Å². The summed E-state index contributed by atoms with van der Waals surface area (Å²) < 4.78 is 14.0. The van der Waals surface area contributed by atoms with Gasteiger partial charge in [-0.1, -0.05) is 11.6 Å². The highest BCUT2D eigenvalue weighted by Gasteiger charge is 2.42. The van der Waals surface area contributed by atoms with Crippen LogP contribution < -0.4 is 4.74 Å². The van der Waals surface area contributed by atoms with Gasteiger partial charge in [0, 0.05) is 43.9 Å². The number of hydrogen-bond donors (Lipinski definition) is 0. The SMILES string of the molecule is Cc1cnn(CC(=O)N2CCO[C@@](COc3ccc(Cl)c(C)c3)(CC(=O)N3CCN(C)CC3)C2)c1. The van der Waals surface area contributed by atoms with Gasteiger partial charge < -0.3 is 24.2 Å². The van der Waals surface area contributed by atoms with E-state index in [0.29, 0.717) is 37.0 Å². The molecule has 1 aromatic heterocycles. The number of aryl methyl sites for hydroxylation is 2. The monoisotopic (exact) mass is 503 g/mol. The van der Waals surface area contributed by atoms with Gasteiger partial charge in [-0.2, -0.15) is 5.10 Å². The lowest BCUT2D eigenvalue weighted by molar-refractivity contribution is -0.166. The van der Waals surface area contributed by atoms with Crippen molar-refractivity contribution >= 4 is 23.4 Å². The highest BCUT2D eigenvalue weighted by atomic mass is 35.5. The van der Waals surface area contributed by atoms with E-state index in [9.17, 15) is 9.59 Å². The van der Waals surface area contributed by atoms with Gasteiger partial charge in [-0.25, -0.2) is 0 Å². The summed E-state index contributed by atoms with van der Waals surface area (Å²) in [4.78, 5) is 32.2. The Balaban J connectivity index is 1.49. The Labute approximate surface area is 211 Å². The molecular weight excluding hydrogens is 470 g/mol. The Kier molecular flexibility index (Phi) is 7.98. The number of benzene rings is 1. The van der Waals surface area contributed by atoms with Crippen molar-refractivity contribution in [2.75, 3.05) is 59.5 Å². The average molecular weight is 504 g/mol. The van der Waals surface area contributed by atoms with Crippen molar-refractivity contribution in [1.82, 2.24) is 24.5 Å². The Morgan fingerprint density at radius 2 is 1.89 bits per heavy atom. The largest absolute Gasteiger partial charge is 0.490 e. The molecule has 0 N–H and O–H groups in total. The molecule has 0 radical (unpaired) electrons. The van der Waals surface area contributed by atoms with Crippen molar-refractivity contribution in [1.29, 1.82) is 0 Å². The lowest BCUT2D eigenvalue weighted by Crippen LogP contribution is -2.59. The van der Waals surface area contributed by atoms with E-state index in [0.717, 1.165) is 24.2 Å². The normalized spacial score (nSPS) is 21.3.